The van der Waals surface area contributed by atoms with Crippen LogP contribution in [0.3, 0.4) is 0 Å². The van der Waals surface area contributed by atoms with Gasteiger partial charge in [-0.3, -0.25) is 9.59 Å². The van der Waals surface area contributed by atoms with Crippen molar-refractivity contribution in [3.63, 3.8) is 0 Å². The van der Waals surface area contributed by atoms with E-state index in [0.29, 0.717) is 12.4 Å². The van der Waals surface area contributed by atoms with Gasteiger partial charge >= 0.3 is 5.97 Å². The average molecular weight is 293 g/mol. The highest BCUT2D eigenvalue weighted by Crippen LogP contribution is 2.16. The van der Waals surface area contributed by atoms with Crippen LogP contribution in [0.15, 0.2) is 24.3 Å². The second-order valence-electron chi connectivity index (χ2n) is 4.97. The standard InChI is InChI=1S/C16H23NO4/c1-5-20-16(19)10-17(12(2)3)15(18)11-21-14-9-7-6-8-13(14)4/h6-9,12H,5,10-11H2,1-4H3. The summed E-state index contributed by atoms with van der Waals surface area (Å²) in [7, 11) is 0. The van der Waals surface area contributed by atoms with E-state index in [1.165, 1.54) is 4.90 Å². The number of esters is 1. The van der Waals surface area contributed by atoms with Crippen LogP contribution >= 0.6 is 0 Å². The van der Waals surface area contributed by atoms with Gasteiger partial charge in [0.2, 0.25) is 0 Å². The van der Waals surface area contributed by atoms with E-state index < -0.39 is 5.97 Å². The molecule has 116 valence electrons. The van der Waals surface area contributed by atoms with E-state index in [4.69, 9.17) is 9.47 Å². The van der Waals surface area contributed by atoms with Crippen LogP contribution in [0.25, 0.3) is 0 Å². The number of hydrogen-bond acceptors (Lipinski definition) is 4. The number of carbonyl (C=O) groups excluding carboxylic acids is 2. The predicted octanol–water partition coefficient (Wildman–Crippen LogP) is 2.17. The fraction of sp³-hybridized carbons (Fsp3) is 0.500. The number of benzene rings is 1. The van der Waals surface area contributed by atoms with Crippen molar-refractivity contribution in [3.05, 3.63) is 29.8 Å². The smallest absolute Gasteiger partial charge is 0.325 e. The van der Waals surface area contributed by atoms with Gasteiger partial charge in [0.05, 0.1) is 6.61 Å². The van der Waals surface area contributed by atoms with Gasteiger partial charge in [0.1, 0.15) is 12.3 Å². The Morgan fingerprint density at radius 1 is 1.24 bits per heavy atom. The molecule has 21 heavy (non-hydrogen) atoms. The Hall–Kier alpha value is -2.04. The number of carbonyl (C=O) groups is 2. The zero-order chi connectivity index (χ0) is 15.8. The Kier molecular flexibility index (Phi) is 6.72. The highest BCUT2D eigenvalue weighted by molar-refractivity contribution is 5.83. The largest absolute Gasteiger partial charge is 0.484 e. The van der Waals surface area contributed by atoms with Gasteiger partial charge in [-0.15, -0.1) is 0 Å². The van der Waals surface area contributed by atoms with Crippen LogP contribution in [0.1, 0.15) is 26.3 Å². The molecule has 0 N–H and O–H groups in total. The third kappa shape index (κ3) is 5.45. The van der Waals surface area contributed by atoms with Crippen molar-refractivity contribution in [3.8, 4) is 5.75 Å². The lowest BCUT2D eigenvalue weighted by atomic mass is 10.2. The van der Waals surface area contributed by atoms with Crippen LogP contribution in [0.5, 0.6) is 5.75 Å². The molecule has 0 heterocycles. The third-order valence-corrected chi connectivity index (χ3v) is 2.99. The van der Waals surface area contributed by atoms with E-state index in [2.05, 4.69) is 0 Å². The molecule has 0 aliphatic heterocycles. The Bertz CT molecular complexity index is 485. The Labute approximate surface area is 125 Å². The number of para-hydroxylation sites is 1. The summed E-state index contributed by atoms with van der Waals surface area (Å²) >= 11 is 0. The van der Waals surface area contributed by atoms with Crippen LogP contribution in [0, 0.1) is 6.92 Å². The summed E-state index contributed by atoms with van der Waals surface area (Å²) in [6, 6.07) is 7.39. The Morgan fingerprint density at radius 2 is 1.90 bits per heavy atom. The summed E-state index contributed by atoms with van der Waals surface area (Å²) in [5, 5.41) is 0. The molecule has 0 bridgehead atoms. The lowest BCUT2D eigenvalue weighted by Gasteiger charge is -2.25. The predicted molar refractivity (Wildman–Crippen MR) is 80.2 cm³/mol. The van der Waals surface area contributed by atoms with Crippen LogP contribution in [0.2, 0.25) is 0 Å². The molecule has 1 aromatic rings. The third-order valence-electron chi connectivity index (χ3n) is 2.99. The Morgan fingerprint density at radius 3 is 2.48 bits per heavy atom. The molecule has 0 saturated carbocycles. The first-order chi connectivity index (χ1) is 9.95. The summed E-state index contributed by atoms with van der Waals surface area (Å²) in [6.07, 6.45) is 0. The maximum absolute atomic E-state index is 12.2. The van der Waals surface area contributed by atoms with Gasteiger partial charge in [-0.05, 0) is 39.3 Å². The number of nitrogens with zero attached hydrogens (tertiary/aromatic N) is 1. The number of rotatable bonds is 7. The number of ether oxygens (including phenoxy) is 2. The van der Waals surface area contributed by atoms with Gasteiger partial charge in [0.25, 0.3) is 5.91 Å². The van der Waals surface area contributed by atoms with Crippen LogP contribution in [0.4, 0.5) is 0 Å². The lowest BCUT2D eigenvalue weighted by Crippen LogP contribution is -2.43. The summed E-state index contributed by atoms with van der Waals surface area (Å²) in [6.45, 7) is 7.51. The molecule has 0 unspecified atom stereocenters. The van der Waals surface area contributed by atoms with Crippen molar-refractivity contribution in [2.75, 3.05) is 19.8 Å². The molecule has 0 saturated heterocycles. The van der Waals surface area contributed by atoms with Crippen LogP contribution in [-0.4, -0.2) is 42.6 Å². The normalized spacial score (nSPS) is 10.3. The highest BCUT2D eigenvalue weighted by atomic mass is 16.5. The monoisotopic (exact) mass is 293 g/mol. The minimum absolute atomic E-state index is 0.0541. The topological polar surface area (TPSA) is 55.8 Å². The first-order valence-electron chi connectivity index (χ1n) is 7.09. The van der Waals surface area contributed by atoms with Crippen LogP contribution in [-0.2, 0) is 14.3 Å². The molecule has 1 amide bonds. The minimum Gasteiger partial charge on any atom is -0.484 e. The van der Waals surface area contributed by atoms with Gasteiger partial charge in [-0.2, -0.15) is 0 Å². The molecule has 5 nitrogen and oxygen atoms in total. The van der Waals surface area contributed by atoms with Gasteiger partial charge in [0, 0.05) is 6.04 Å². The summed E-state index contributed by atoms with van der Waals surface area (Å²) in [5.41, 5.74) is 0.965. The van der Waals surface area contributed by atoms with E-state index in [1.807, 2.05) is 45.0 Å². The maximum Gasteiger partial charge on any atom is 0.325 e. The van der Waals surface area contributed by atoms with Crippen molar-refractivity contribution in [2.45, 2.75) is 33.7 Å². The molecule has 0 atom stereocenters. The molecular weight excluding hydrogens is 270 g/mol. The molecular formula is C16H23NO4. The number of aryl methyl sites for hydroxylation is 1. The molecule has 1 rings (SSSR count). The highest BCUT2D eigenvalue weighted by Gasteiger charge is 2.21. The van der Waals surface area contributed by atoms with E-state index in [0.717, 1.165) is 5.56 Å². The van der Waals surface area contributed by atoms with Gasteiger partial charge in [-0.25, -0.2) is 0 Å². The zero-order valence-electron chi connectivity index (χ0n) is 13.1. The van der Waals surface area contributed by atoms with E-state index in [9.17, 15) is 9.59 Å². The molecule has 5 heteroatoms. The van der Waals surface area contributed by atoms with E-state index >= 15 is 0 Å². The zero-order valence-corrected chi connectivity index (χ0v) is 13.1. The molecule has 0 spiro atoms. The SMILES string of the molecule is CCOC(=O)CN(C(=O)COc1ccccc1C)C(C)C. The van der Waals surface area contributed by atoms with Gasteiger partial charge in [0.15, 0.2) is 6.61 Å². The first-order valence-corrected chi connectivity index (χ1v) is 7.09. The van der Waals surface area contributed by atoms with Crippen molar-refractivity contribution in [2.24, 2.45) is 0 Å². The van der Waals surface area contributed by atoms with Crippen molar-refractivity contribution in [1.82, 2.24) is 4.90 Å². The number of hydrogen-bond donors (Lipinski definition) is 0. The average Bonchev–Trinajstić information content (AvgIpc) is 2.43. The first kappa shape index (κ1) is 17.0. The quantitative estimate of drug-likeness (QED) is 0.723. The number of amides is 1. The fourth-order valence-electron chi connectivity index (χ4n) is 1.85. The van der Waals surface area contributed by atoms with Crippen molar-refractivity contribution < 1.29 is 19.1 Å². The molecule has 0 aliphatic carbocycles. The fourth-order valence-corrected chi connectivity index (χ4v) is 1.85. The molecule has 0 aliphatic rings. The second kappa shape index (κ2) is 8.29. The molecule has 0 fully saturated rings. The minimum atomic E-state index is -0.407. The van der Waals surface area contributed by atoms with E-state index in [-0.39, 0.29) is 25.1 Å². The summed E-state index contributed by atoms with van der Waals surface area (Å²) in [5.74, 6) is 0.0300. The second-order valence-corrected chi connectivity index (χ2v) is 4.97. The van der Waals surface area contributed by atoms with Crippen molar-refractivity contribution in [1.29, 1.82) is 0 Å². The van der Waals surface area contributed by atoms with Gasteiger partial charge in [-0.1, -0.05) is 18.2 Å². The summed E-state index contributed by atoms with van der Waals surface area (Å²) in [4.78, 5) is 25.2. The van der Waals surface area contributed by atoms with E-state index in [1.54, 1.807) is 6.92 Å². The molecule has 0 radical (unpaired) electrons. The maximum atomic E-state index is 12.2. The van der Waals surface area contributed by atoms with Crippen molar-refractivity contribution >= 4 is 11.9 Å². The summed E-state index contributed by atoms with van der Waals surface area (Å²) < 4.78 is 10.4. The van der Waals surface area contributed by atoms with Crippen LogP contribution < -0.4 is 4.74 Å². The Balaban J connectivity index is 2.61. The molecule has 1 aromatic carbocycles. The lowest BCUT2D eigenvalue weighted by molar-refractivity contribution is -0.150. The molecule has 0 aromatic heterocycles. The van der Waals surface area contributed by atoms with Gasteiger partial charge < -0.3 is 14.4 Å².